The molecule has 67 heavy (non-hydrogen) atoms. The topological polar surface area (TPSA) is 12.5 Å². The van der Waals surface area contributed by atoms with Crippen molar-refractivity contribution >= 4 is 38.6 Å². The normalized spacial score (nSPS) is 15.5. The van der Waals surface area contributed by atoms with Crippen molar-refractivity contribution in [1.82, 2.24) is 0 Å². The Morgan fingerprint density at radius 3 is 1.60 bits per heavy atom. The monoisotopic (exact) mass is 853 g/mol. The second-order valence-corrected chi connectivity index (χ2v) is 18.4. The zero-order valence-corrected chi connectivity index (χ0v) is 36.9. The fourth-order valence-corrected chi connectivity index (χ4v) is 12.2. The zero-order valence-electron chi connectivity index (χ0n) is 36.9. The minimum absolute atomic E-state index is 0.268. The Hall–Kier alpha value is -8.46. The highest BCUT2D eigenvalue weighted by Crippen LogP contribution is 2.65. The maximum absolute atomic E-state index is 7.24. The second kappa shape index (κ2) is 14.3. The number of ether oxygens (including phenoxy) is 1. The van der Waals surface area contributed by atoms with E-state index in [2.05, 4.69) is 254 Å². The SMILES string of the molecule is CC1(c2ccccc2)c2ccccc2-c2cc(N(c3ccccc3)c3cccc(-c4cccc5c4-c4ccccc4C54c5ccc6ccccc6c5Oc5c4ccc4ccccc54)c3)ccc21. The highest BCUT2D eigenvalue weighted by atomic mass is 16.5. The first-order chi connectivity index (χ1) is 33.1. The highest BCUT2D eigenvalue weighted by Gasteiger charge is 2.52. The van der Waals surface area contributed by atoms with Gasteiger partial charge in [0.1, 0.15) is 11.5 Å². The van der Waals surface area contributed by atoms with Gasteiger partial charge >= 0.3 is 0 Å². The van der Waals surface area contributed by atoms with Gasteiger partial charge in [0.2, 0.25) is 0 Å². The van der Waals surface area contributed by atoms with Crippen molar-refractivity contribution in [2.24, 2.45) is 0 Å². The Balaban J connectivity index is 0.980. The van der Waals surface area contributed by atoms with Crippen molar-refractivity contribution < 1.29 is 4.74 Å². The molecule has 2 heteroatoms. The van der Waals surface area contributed by atoms with Gasteiger partial charge in [-0.1, -0.05) is 206 Å². The number of rotatable bonds is 5. The molecule has 0 radical (unpaired) electrons. The maximum Gasteiger partial charge on any atom is 0.140 e. The van der Waals surface area contributed by atoms with Crippen LogP contribution < -0.4 is 9.64 Å². The van der Waals surface area contributed by atoms with Crippen LogP contribution in [0.5, 0.6) is 11.5 Å². The second-order valence-electron chi connectivity index (χ2n) is 18.4. The maximum atomic E-state index is 7.24. The third kappa shape index (κ3) is 5.21. The van der Waals surface area contributed by atoms with Crippen LogP contribution in [-0.4, -0.2) is 0 Å². The third-order valence-electron chi connectivity index (χ3n) is 15.2. The average Bonchev–Trinajstić information content (AvgIpc) is 3.84. The molecular formula is C65H43NO. The minimum atomic E-state index is -0.623. The van der Waals surface area contributed by atoms with Crippen molar-refractivity contribution in [3.8, 4) is 44.9 Å². The van der Waals surface area contributed by atoms with E-state index in [1.54, 1.807) is 0 Å². The molecule has 1 heterocycles. The van der Waals surface area contributed by atoms with Gasteiger partial charge in [0.15, 0.2) is 0 Å². The molecule has 0 N–H and O–H groups in total. The lowest BCUT2D eigenvalue weighted by Crippen LogP contribution is -2.32. The van der Waals surface area contributed by atoms with Crippen LogP contribution in [0.25, 0.3) is 54.9 Å². The fraction of sp³-hybridized carbons (Fsp3) is 0.0462. The van der Waals surface area contributed by atoms with Crippen molar-refractivity contribution in [3.05, 3.63) is 282 Å². The predicted molar refractivity (Wildman–Crippen MR) is 276 cm³/mol. The standard InChI is InChI=1S/C65H43NO/c1-64(45-21-4-2-5-22-45)55-31-14-12-28-52(55)54-41-48(36-39-56(54)64)66(46-23-6-3-7-24-46)47-25-16-20-44(40-47)49-30-17-33-58-61(49)53-29-13-15-32-57(53)65(58)59-37-34-42-18-8-10-26-50(42)62(59)67-63-51-27-11-9-19-43(51)35-38-60(63)65/h2-41H,1H3. The molecule has 2 aliphatic carbocycles. The van der Waals surface area contributed by atoms with E-state index < -0.39 is 5.41 Å². The van der Waals surface area contributed by atoms with Gasteiger partial charge in [0, 0.05) is 44.4 Å². The number of anilines is 3. The molecule has 14 rings (SSSR count). The molecule has 0 bridgehead atoms. The predicted octanol–water partition coefficient (Wildman–Crippen LogP) is 16.9. The van der Waals surface area contributed by atoms with Gasteiger partial charge in [-0.2, -0.15) is 0 Å². The number of nitrogens with zero attached hydrogens (tertiary/aromatic N) is 1. The van der Waals surface area contributed by atoms with Crippen LogP contribution in [0, 0.1) is 0 Å². The quantitative estimate of drug-likeness (QED) is 0.171. The summed E-state index contributed by atoms with van der Waals surface area (Å²) in [6.07, 6.45) is 0. The van der Waals surface area contributed by atoms with Crippen molar-refractivity contribution in [3.63, 3.8) is 0 Å². The van der Waals surface area contributed by atoms with Crippen LogP contribution in [0.1, 0.15) is 45.9 Å². The zero-order chi connectivity index (χ0) is 44.3. The van der Waals surface area contributed by atoms with Gasteiger partial charge in [0.25, 0.3) is 0 Å². The first-order valence-corrected chi connectivity index (χ1v) is 23.3. The Bertz CT molecular complexity index is 3730. The molecule has 1 aliphatic heterocycles. The van der Waals surface area contributed by atoms with Gasteiger partial charge in [-0.05, 0) is 115 Å². The van der Waals surface area contributed by atoms with Gasteiger partial charge < -0.3 is 9.64 Å². The molecule has 0 fully saturated rings. The lowest BCUT2D eigenvalue weighted by Gasteiger charge is -2.40. The third-order valence-corrected chi connectivity index (χ3v) is 15.2. The molecule has 3 aliphatic rings. The Morgan fingerprint density at radius 2 is 0.866 bits per heavy atom. The molecule has 2 nitrogen and oxygen atoms in total. The Labute approximate surface area is 390 Å². The summed E-state index contributed by atoms with van der Waals surface area (Å²) in [5.41, 5.74) is 18.7. The number of hydrogen-bond acceptors (Lipinski definition) is 2. The van der Waals surface area contributed by atoms with Gasteiger partial charge in [-0.15, -0.1) is 0 Å². The summed E-state index contributed by atoms with van der Waals surface area (Å²) < 4.78 is 7.24. The highest BCUT2D eigenvalue weighted by molar-refractivity contribution is 6.02. The van der Waals surface area contributed by atoms with E-state index >= 15 is 0 Å². The van der Waals surface area contributed by atoms with Crippen molar-refractivity contribution in [1.29, 1.82) is 0 Å². The molecular weight excluding hydrogens is 811 g/mol. The number of para-hydroxylation sites is 1. The summed E-state index contributed by atoms with van der Waals surface area (Å²) in [6, 6.07) is 89.5. The molecule has 314 valence electrons. The minimum Gasteiger partial charge on any atom is -0.455 e. The van der Waals surface area contributed by atoms with E-state index in [-0.39, 0.29) is 5.41 Å². The number of fused-ring (bicyclic) bond motifs is 16. The molecule has 0 saturated carbocycles. The molecule has 1 unspecified atom stereocenters. The summed E-state index contributed by atoms with van der Waals surface area (Å²) in [7, 11) is 0. The first-order valence-electron chi connectivity index (χ1n) is 23.3. The summed E-state index contributed by atoms with van der Waals surface area (Å²) in [4.78, 5) is 2.42. The largest absolute Gasteiger partial charge is 0.455 e. The summed E-state index contributed by atoms with van der Waals surface area (Å²) in [5.74, 6) is 1.85. The smallest absolute Gasteiger partial charge is 0.140 e. The van der Waals surface area contributed by atoms with Gasteiger partial charge in [-0.3, -0.25) is 0 Å². The summed E-state index contributed by atoms with van der Waals surface area (Å²) in [5, 5.41) is 4.57. The number of benzene rings is 11. The fourth-order valence-electron chi connectivity index (χ4n) is 12.2. The van der Waals surface area contributed by atoms with E-state index in [1.165, 1.54) is 66.8 Å². The molecule has 0 aromatic heterocycles. The van der Waals surface area contributed by atoms with Crippen molar-refractivity contribution in [2.75, 3.05) is 4.90 Å². The van der Waals surface area contributed by atoms with E-state index in [0.717, 1.165) is 55.7 Å². The first kappa shape index (κ1) is 37.9. The van der Waals surface area contributed by atoms with E-state index in [1.807, 2.05) is 0 Å². The lowest BCUT2D eigenvalue weighted by molar-refractivity contribution is 0.447. The average molecular weight is 854 g/mol. The molecule has 1 atom stereocenters. The molecule has 0 saturated heterocycles. The van der Waals surface area contributed by atoms with Crippen molar-refractivity contribution in [2.45, 2.75) is 17.8 Å². The number of hydrogen-bond donors (Lipinski definition) is 0. The van der Waals surface area contributed by atoms with Gasteiger partial charge in [0.05, 0.1) is 5.41 Å². The van der Waals surface area contributed by atoms with Crippen LogP contribution >= 0.6 is 0 Å². The van der Waals surface area contributed by atoms with Crippen LogP contribution in [0.2, 0.25) is 0 Å². The molecule has 11 aromatic carbocycles. The van der Waals surface area contributed by atoms with Crippen LogP contribution in [-0.2, 0) is 10.8 Å². The lowest BCUT2D eigenvalue weighted by atomic mass is 9.65. The van der Waals surface area contributed by atoms with Crippen LogP contribution in [0.4, 0.5) is 17.1 Å². The Morgan fingerprint density at radius 1 is 0.343 bits per heavy atom. The van der Waals surface area contributed by atoms with Crippen LogP contribution in [0.3, 0.4) is 0 Å². The molecule has 11 aromatic rings. The van der Waals surface area contributed by atoms with Crippen LogP contribution in [0.15, 0.2) is 243 Å². The van der Waals surface area contributed by atoms with E-state index in [4.69, 9.17) is 4.74 Å². The molecule has 1 spiro atoms. The summed E-state index contributed by atoms with van der Waals surface area (Å²) >= 11 is 0. The van der Waals surface area contributed by atoms with E-state index in [9.17, 15) is 0 Å². The summed E-state index contributed by atoms with van der Waals surface area (Å²) in [6.45, 7) is 2.38. The Kier molecular flexibility index (Phi) is 8.06. The molecule has 0 amide bonds. The van der Waals surface area contributed by atoms with Gasteiger partial charge in [-0.25, -0.2) is 0 Å². The van der Waals surface area contributed by atoms with E-state index in [0.29, 0.717) is 0 Å².